The number of thiazole rings is 1. The molecule has 2 aromatic rings. The van der Waals surface area contributed by atoms with Gasteiger partial charge in [0.15, 0.2) is 4.34 Å². The number of ether oxygens (including phenoxy) is 1. The molecule has 1 amide bonds. The lowest BCUT2D eigenvalue weighted by molar-refractivity contribution is -0.142. The Bertz CT molecular complexity index is 806. The quantitative estimate of drug-likeness (QED) is 0.559. The third-order valence-electron chi connectivity index (χ3n) is 4.49. The van der Waals surface area contributed by atoms with Crippen LogP contribution in [0.5, 0.6) is 0 Å². The largest absolute Gasteiger partial charge is 0.466 e. The van der Waals surface area contributed by atoms with Gasteiger partial charge in [0.2, 0.25) is 5.91 Å². The molecule has 1 heterocycles. The summed E-state index contributed by atoms with van der Waals surface area (Å²) in [6.45, 7) is 4.04. The first-order chi connectivity index (χ1) is 13.1. The van der Waals surface area contributed by atoms with Gasteiger partial charge in [0.05, 0.1) is 30.0 Å². The van der Waals surface area contributed by atoms with E-state index in [1.54, 1.807) is 6.92 Å². The van der Waals surface area contributed by atoms with Gasteiger partial charge in [-0.15, -0.1) is 11.3 Å². The number of esters is 1. The van der Waals surface area contributed by atoms with Crippen molar-refractivity contribution in [3.05, 3.63) is 46.5 Å². The van der Waals surface area contributed by atoms with E-state index in [1.807, 2.05) is 18.4 Å². The Kier molecular flexibility index (Phi) is 6.90. The second-order valence-corrected chi connectivity index (χ2v) is 8.94. The topological polar surface area (TPSA) is 68.3 Å². The molecule has 1 aromatic heterocycles. The summed E-state index contributed by atoms with van der Waals surface area (Å²) in [6.07, 6.45) is 3.31. The van der Waals surface area contributed by atoms with Crippen LogP contribution < -0.4 is 5.32 Å². The van der Waals surface area contributed by atoms with Crippen LogP contribution in [-0.4, -0.2) is 28.7 Å². The number of aromatic nitrogens is 1. The summed E-state index contributed by atoms with van der Waals surface area (Å²) in [6, 6.07) is 8.42. The summed E-state index contributed by atoms with van der Waals surface area (Å²) in [5, 5.41) is 4.79. The number of carbonyl (C=O) groups is 2. The van der Waals surface area contributed by atoms with Crippen molar-refractivity contribution in [1.29, 1.82) is 0 Å². The predicted molar refractivity (Wildman–Crippen MR) is 108 cm³/mol. The maximum Gasteiger partial charge on any atom is 0.311 e. The van der Waals surface area contributed by atoms with Gasteiger partial charge >= 0.3 is 5.97 Å². The number of hydrogen-bond donors (Lipinski definition) is 1. The minimum absolute atomic E-state index is 0.0174. The van der Waals surface area contributed by atoms with Crippen LogP contribution in [0.4, 0.5) is 0 Å². The number of benzene rings is 1. The Morgan fingerprint density at radius 3 is 3.04 bits per heavy atom. The van der Waals surface area contributed by atoms with Crippen LogP contribution in [0.2, 0.25) is 0 Å². The summed E-state index contributed by atoms with van der Waals surface area (Å²) >= 11 is 2.88. The molecular weight excluding hydrogens is 380 g/mol. The van der Waals surface area contributed by atoms with Crippen LogP contribution >= 0.6 is 23.1 Å². The molecule has 1 aliphatic rings. The van der Waals surface area contributed by atoms with Crippen LogP contribution in [0, 0.1) is 0 Å². The van der Waals surface area contributed by atoms with Gasteiger partial charge in [-0.1, -0.05) is 36.0 Å². The first kappa shape index (κ1) is 19.9. The Hall–Kier alpha value is -1.86. The number of hydrogen-bond acceptors (Lipinski definition) is 6. The molecule has 0 aliphatic heterocycles. The fraction of sp³-hybridized carbons (Fsp3) is 0.450. The van der Waals surface area contributed by atoms with Crippen molar-refractivity contribution in [2.45, 2.75) is 55.2 Å². The second-order valence-electron chi connectivity index (χ2n) is 6.50. The lowest BCUT2D eigenvalue weighted by Gasteiger charge is -2.27. The van der Waals surface area contributed by atoms with E-state index in [9.17, 15) is 9.59 Å². The van der Waals surface area contributed by atoms with E-state index in [-0.39, 0.29) is 29.6 Å². The molecule has 144 valence electrons. The van der Waals surface area contributed by atoms with Crippen molar-refractivity contribution in [2.24, 2.45) is 0 Å². The summed E-state index contributed by atoms with van der Waals surface area (Å²) in [5.41, 5.74) is 3.26. The molecule has 2 atom stereocenters. The van der Waals surface area contributed by atoms with Crippen LogP contribution in [0.15, 0.2) is 34.0 Å². The molecule has 1 aromatic carbocycles. The zero-order valence-corrected chi connectivity index (χ0v) is 17.2. The Labute approximate surface area is 167 Å². The highest BCUT2D eigenvalue weighted by molar-refractivity contribution is 8.02. The van der Waals surface area contributed by atoms with Crippen molar-refractivity contribution in [2.75, 3.05) is 6.61 Å². The van der Waals surface area contributed by atoms with Gasteiger partial charge < -0.3 is 10.1 Å². The Morgan fingerprint density at radius 2 is 2.22 bits per heavy atom. The first-order valence-corrected chi connectivity index (χ1v) is 11.0. The normalized spacial score (nSPS) is 17.0. The van der Waals surface area contributed by atoms with Gasteiger partial charge in [-0.25, -0.2) is 4.98 Å². The molecule has 0 saturated carbocycles. The number of nitrogens with one attached hydrogen (secondary N) is 1. The summed E-state index contributed by atoms with van der Waals surface area (Å²) < 4.78 is 5.74. The van der Waals surface area contributed by atoms with Gasteiger partial charge in [0, 0.05) is 5.38 Å². The molecule has 3 rings (SSSR count). The number of thioether (sulfide) groups is 1. The predicted octanol–water partition coefficient (Wildman–Crippen LogP) is 3.92. The number of aryl methyl sites for hydroxylation is 1. The van der Waals surface area contributed by atoms with Crippen molar-refractivity contribution in [3.8, 4) is 0 Å². The lowest BCUT2D eigenvalue weighted by atomic mass is 9.88. The molecule has 7 heteroatoms. The molecule has 1 aliphatic carbocycles. The van der Waals surface area contributed by atoms with Gasteiger partial charge in [-0.2, -0.15) is 0 Å². The maximum absolute atomic E-state index is 12.7. The average molecular weight is 405 g/mol. The van der Waals surface area contributed by atoms with Crippen LogP contribution in [0.3, 0.4) is 0 Å². The van der Waals surface area contributed by atoms with Gasteiger partial charge in [0.25, 0.3) is 0 Å². The highest BCUT2D eigenvalue weighted by Crippen LogP contribution is 2.31. The zero-order chi connectivity index (χ0) is 19.2. The molecule has 0 bridgehead atoms. The molecule has 1 N–H and O–H groups in total. The number of amides is 1. The minimum atomic E-state index is -0.277. The van der Waals surface area contributed by atoms with Crippen molar-refractivity contribution in [3.63, 3.8) is 0 Å². The SMILES string of the molecule is CCOC(=O)Cc1csc(S[C@@H](C)C(=O)N[C@@H]2CCCc3ccccc32)n1. The van der Waals surface area contributed by atoms with Gasteiger partial charge in [-0.05, 0) is 44.2 Å². The van der Waals surface area contributed by atoms with E-state index in [1.165, 1.54) is 34.2 Å². The minimum Gasteiger partial charge on any atom is -0.466 e. The van der Waals surface area contributed by atoms with E-state index >= 15 is 0 Å². The number of rotatable bonds is 7. The van der Waals surface area contributed by atoms with Crippen molar-refractivity contribution in [1.82, 2.24) is 10.3 Å². The van der Waals surface area contributed by atoms with Gasteiger partial charge in [0.1, 0.15) is 0 Å². The van der Waals surface area contributed by atoms with E-state index in [2.05, 4.69) is 28.5 Å². The second kappa shape index (κ2) is 9.37. The lowest BCUT2D eigenvalue weighted by Crippen LogP contribution is -2.35. The van der Waals surface area contributed by atoms with Crippen molar-refractivity contribution >= 4 is 35.0 Å². The number of nitrogens with zero attached hydrogens (tertiary/aromatic N) is 1. The number of fused-ring (bicyclic) bond motifs is 1. The maximum atomic E-state index is 12.7. The van der Waals surface area contributed by atoms with E-state index in [4.69, 9.17) is 4.74 Å². The molecule has 0 saturated heterocycles. The molecule has 27 heavy (non-hydrogen) atoms. The molecule has 0 radical (unpaired) electrons. The fourth-order valence-electron chi connectivity index (χ4n) is 3.18. The van der Waals surface area contributed by atoms with E-state index in [0.717, 1.165) is 23.6 Å². The molecule has 5 nitrogen and oxygen atoms in total. The summed E-state index contributed by atoms with van der Waals surface area (Å²) in [5.74, 6) is -0.259. The number of carbonyl (C=O) groups excluding carboxylic acids is 2. The fourth-order valence-corrected chi connectivity index (χ4v) is 5.17. The highest BCUT2D eigenvalue weighted by Gasteiger charge is 2.24. The first-order valence-electron chi connectivity index (χ1n) is 9.21. The molecule has 0 unspecified atom stereocenters. The summed E-state index contributed by atoms with van der Waals surface area (Å²) in [7, 11) is 0. The van der Waals surface area contributed by atoms with Gasteiger partial charge in [-0.3, -0.25) is 9.59 Å². The molecular formula is C20H24N2O3S2. The standard InChI is InChI=1S/C20H24N2O3S2/c1-3-25-18(23)11-15-12-26-20(21-15)27-13(2)19(24)22-17-10-6-8-14-7-4-5-9-16(14)17/h4-5,7,9,12-13,17H,3,6,8,10-11H2,1-2H3,(H,22,24)/t13-,17+/m0/s1. The van der Waals surface area contributed by atoms with Crippen LogP contribution in [0.1, 0.15) is 49.6 Å². The highest BCUT2D eigenvalue weighted by atomic mass is 32.2. The zero-order valence-electron chi connectivity index (χ0n) is 15.6. The molecule has 0 fully saturated rings. The monoisotopic (exact) mass is 404 g/mol. The Morgan fingerprint density at radius 1 is 1.41 bits per heavy atom. The Balaban J connectivity index is 1.56. The summed E-state index contributed by atoms with van der Waals surface area (Å²) in [4.78, 5) is 28.6. The van der Waals surface area contributed by atoms with E-state index < -0.39 is 0 Å². The average Bonchev–Trinajstić information content (AvgIpc) is 3.08. The van der Waals surface area contributed by atoms with Crippen molar-refractivity contribution < 1.29 is 14.3 Å². The third kappa shape index (κ3) is 5.32. The smallest absolute Gasteiger partial charge is 0.311 e. The third-order valence-corrected chi connectivity index (χ3v) is 6.61. The molecule has 0 spiro atoms. The van der Waals surface area contributed by atoms with Crippen LogP contribution in [-0.2, 0) is 27.2 Å². The van der Waals surface area contributed by atoms with Crippen LogP contribution in [0.25, 0.3) is 0 Å². The van der Waals surface area contributed by atoms with E-state index in [0.29, 0.717) is 12.3 Å².